The molecule has 0 unspecified atom stereocenters. The summed E-state index contributed by atoms with van der Waals surface area (Å²) in [6, 6.07) is 8.26. The van der Waals surface area contributed by atoms with Crippen LogP contribution in [0.15, 0.2) is 46.2 Å². The van der Waals surface area contributed by atoms with Gasteiger partial charge < -0.3 is 16.0 Å². The molecule has 24 heavy (non-hydrogen) atoms. The molecule has 3 rings (SSSR count). The Balaban J connectivity index is 1.59. The van der Waals surface area contributed by atoms with Gasteiger partial charge in [0.05, 0.1) is 11.3 Å². The highest BCUT2D eigenvalue weighted by Gasteiger charge is 2.09. The highest BCUT2D eigenvalue weighted by Crippen LogP contribution is 2.21. The number of nitrogens with two attached hydrogens (primary N) is 1. The van der Waals surface area contributed by atoms with Crippen molar-refractivity contribution in [1.82, 2.24) is 15.0 Å². The van der Waals surface area contributed by atoms with Gasteiger partial charge in [-0.25, -0.2) is 9.97 Å². The van der Waals surface area contributed by atoms with Crippen molar-refractivity contribution in [3.05, 3.63) is 46.6 Å². The Bertz CT molecular complexity index is 910. The van der Waals surface area contributed by atoms with Crippen LogP contribution in [0.1, 0.15) is 10.4 Å². The summed E-state index contributed by atoms with van der Waals surface area (Å²) in [6.07, 6.45) is 1.67. The fraction of sp³-hybridized carbons (Fsp3) is 0.0667. The molecule has 122 valence electrons. The van der Waals surface area contributed by atoms with Crippen LogP contribution < -0.4 is 11.1 Å². The van der Waals surface area contributed by atoms with Gasteiger partial charge in [-0.15, -0.1) is 0 Å². The molecular weight excluding hydrogens is 394 g/mol. The largest absolute Gasteiger partial charge is 0.366 e. The van der Waals surface area contributed by atoms with Gasteiger partial charge in [-0.1, -0.05) is 11.8 Å². The summed E-state index contributed by atoms with van der Waals surface area (Å²) in [4.78, 5) is 34.6. The zero-order valence-electron chi connectivity index (χ0n) is 12.2. The summed E-state index contributed by atoms with van der Waals surface area (Å²) in [5.74, 6) is -0.492. The number of imidazole rings is 1. The van der Waals surface area contributed by atoms with E-state index in [9.17, 15) is 9.59 Å². The van der Waals surface area contributed by atoms with Crippen molar-refractivity contribution >= 4 is 56.4 Å². The van der Waals surface area contributed by atoms with Crippen molar-refractivity contribution < 1.29 is 9.59 Å². The van der Waals surface area contributed by atoms with E-state index in [2.05, 4.69) is 36.2 Å². The molecule has 0 aliphatic carbocycles. The van der Waals surface area contributed by atoms with Gasteiger partial charge in [0.25, 0.3) is 0 Å². The Labute approximate surface area is 149 Å². The number of carbonyl (C=O) groups is 2. The molecule has 0 bridgehead atoms. The maximum atomic E-state index is 12.0. The molecule has 0 aliphatic rings. The highest BCUT2D eigenvalue weighted by molar-refractivity contribution is 9.10. The number of primary amides is 1. The number of anilines is 1. The van der Waals surface area contributed by atoms with Crippen LogP contribution in [0.3, 0.4) is 0 Å². The second-order valence-corrected chi connectivity index (χ2v) is 6.72. The fourth-order valence-corrected chi connectivity index (χ4v) is 2.97. The number of thioether (sulfide) groups is 1. The quantitative estimate of drug-likeness (QED) is 0.564. The average Bonchev–Trinajstić information content (AvgIpc) is 2.95. The van der Waals surface area contributed by atoms with E-state index in [1.807, 2.05) is 6.07 Å². The van der Waals surface area contributed by atoms with Gasteiger partial charge >= 0.3 is 0 Å². The Hall–Kier alpha value is -2.39. The molecule has 0 fully saturated rings. The summed E-state index contributed by atoms with van der Waals surface area (Å²) in [5.41, 5.74) is 7.56. The van der Waals surface area contributed by atoms with Crippen LogP contribution in [-0.4, -0.2) is 32.5 Å². The number of H-pyrrole nitrogens is 1. The lowest BCUT2D eigenvalue weighted by Crippen LogP contribution is -2.15. The maximum absolute atomic E-state index is 12.0. The summed E-state index contributed by atoms with van der Waals surface area (Å²) in [5, 5.41) is 3.36. The van der Waals surface area contributed by atoms with Crippen LogP contribution in [0, 0.1) is 0 Å². The maximum Gasteiger partial charge on any atom is 0.248 e. The molecule has 2 heterocycles. The summed E-state index contributed by atoms with van der Waals surface area (Å²) in [7, 11) is 0. The number of halogens is 1. The first-order chi connectivity index (χ1) is 11.5. The molecule has 7 nitrogen and oxygen atoms in total. The van der Waals surface area contributed by atoms with Crippen LogP contribution in [0.2, 0.25) is 0 Å². The fourth-order valence-electron chi connectivity index (χ4n) is 1.97. The topological polar surface area (TPSA) is 114 Å². The number of hydrogen-bond acceptors (Lipinski definition) is 5. The number of nitrogens with zero attached hydrogens (tertiary/aromatic N) is 2. The minimum absolute atomic E-state index is 0.179. The third-order valence-electron chi connectivity index (χ3n) is 3.08. The predicted octanol–water partition coefficient (Wildman–Crippen LogP) is 2.55. The molecule has 3 aromatic rings. The van der Waals surface area contributed by atoms with E-state index in [4.69, 9.17) is 5.73 Å². The lowest BCUT2D eigenvalue weighted by atomic mass is 10.2. The number of pyridine rings is 1. The van der Waals surface area contributed by atoms with E-state index >= 15 is 0 Å². The first-order valence-electron chi connectivity index (χ1n) is 6.85. The second kappa shape index (κ2) is 7.02. The third kappa shape index (κ3) is 3.92. The van der Waals surface area contributed by atoms with Gasteiger partial charge in [0.1, 0.15) is 0 Å². The van der Waals surface area contributed by atoms with Gasteiger partial charge in [0.2, 0.25) is 11.8 Å². The van der Waals surface area contributed by atoms with Crippen LogP contribution in [0.25, 0.3) is 11.2 Å². The van der Waals surface area contributed by atoms with Crippen molar-refractivity contribution in [3.63, 3.8) is 0 Å². The number of amides is 2. The second-order valence-electron chi connectivity index (χ2n) is 4.85. The van der Waals surface area contributed by atoms with Crippen molar-refractivity contribution in [3.8, 4) is 0 Å². The molecule has 0 saturated heterocycles. The van der Waals surface area contributed by atoms with E-state index in [1.165, 1.54) is 11.8 Å². The number of benzene rings is 1. The molecule has 0 saturated carbocycles. The first kappa shape index (κ1) is 16.5. The highest BCUT2D eigenvalue weighted by atomic mass is 79.9. The Morgan fingerprint density at radius 2 is 2.04 bits per heavy atom. The standard InChI is InChI=1S/C15H12BrN5O2S/c16-9-5-11-14(18-6-9)21-15(20-11)24-7-12(22)19-10-3-1-8(2-4-10)13(17)23/h1-6H,7H2,(H2,17,23)(H,19,22)(H,18,20,21). The minimum Gasteiger partial charge on any atom is -0.366 e. The van der Waals surface area contributed by atoms with Crippen molar-refractivity contribution in [1.29, 1.82) is 0 Å². The molecule has 1 aromatic carbocycles. The van der Waals surface area contributed by atoms with Crippen molar-refractivity contribution in [2.24, 2.45) is 5.73 Å². The molecule has 0 spiro atoms. The zero-order chi connectivity index (χ0) is 17.1. The summed E-state index contributed by atoms with van der Waals surface area (Å²) in [6.45, 7) is 0. The van der Waals surface area contributed by atoms with Gasteiger partial charge in [0, 0.05) is 21.9 Å². The third-order valence-corrected chi connectivity index (χ3v) is 4.38. The molecule has 2 aromatic heterocycles. The van der Waals surface area contributed by atoms with Gasteiger partial charge in [-0.3, -0.25) is 9.59 Å². The molecule has 0 aliphatic heterocycles. The van der Waals surface area contributed by atoms with E-state index in [0.29, 0.717) is 22.1 Å². The zero-order valence-corrected chi connectivity index (χ0v) is 14.6. The Kier molecular flexibility index (Phi) is 4.81. The van der Waals surface area contributed by atoms with Crippen LogP contribution in [0.5, 0.6) is 0 Å². The van der Waals surface area contributed by atoms with Gasteiger partial charge in [-0.2, -0.15) is 0 Å². The molecule has 0 radical (unpaired) electrons. The average molecular weight is 406 g/mol. The number of aromatic nitrogens is 3. The lowest BCUT2D eigenvalue weighted by molar-refractivity contribution is -0.113. The van der Waals surface area contributed by atoms with Crippen molar-refractivity contribution in [2.45, 2.75) is 5.16 Å². The smallest absolute Gasteiger partial charge is 0.248 e. The number of hydrogen-bond donors (Lipinski definition) is 3. The SMILES string of the molecule is NC(=O)c1ccc(NC(=O)CSc2nc3ncc(Br)cc3[nH]2)cc1. The monoisotopic (exact) mass is 405 g/mol. The molecule has 0 atom stereocenters. The Morgan fingerprint density at radius 3 is 2.75 bits per heavy atom. The van der Waals surface area contributed by atoms with E-state index in [0.717, 1.165) is 9.99 Å². The molecule has 9 heteroatoms. The normalized spacial score (nSPS) is 10.7. The molecule has 4 N–H and O–H groups in total. The summed E-state index contributed by atoms with van der Waals surface area (Å²) < 4.78 is 0.854. The number of aromatic amines is 1. The minimum atomic E-state index is -0.506. The van der Waals surface area contributed by atoms with E-state index in [-0.39, 0.29) is 11.7 Å². The predicted molar refractivity (Wildman–Crippen MR) is 95.9 cm³/mol. The number of nitrogens with one attached hydrogen (secondary N) is 2. The van der Waals surface area contributed by atoms with E-state index < -0.39 is 5.91 Å². The number of fused-ring (bicyclic) bond motifs is 1. The number of carbonyl (C=O) groups excluding carboxylic acids is 2. The first-order valence-corrected chi connectivity index (χ1v) is 8.63. The lowest BCUT2D eigenvalue weighted by Gasteiger charge is -2.04. The molecular formula is C15H12BrN5O2S. The van der Waals surface area contributed by atoms with E-state index in [1.54, 1.807) is 30.5 Å². The Morgan fingerprint density at radius 1 is 1.29 bits per heavy atom. The van der Waals surface area contributed by atoms with Crippen LogP contribution in [0.4, 0.5) is 5.69 Å². The number of rotatable bonds is 5. The molecule has 2 amide bonds. The van der Waals surface area contributed by atoms with Crippen LogP contribution in [-0.2, 0) is 4.79 Å². The van der Waals surface area contributed by atoms with Gasteiger partial charge in [0.15, 0.2) is 10.8 Å². The van der Waals surface area contributed by atoms with Crippen molar-refractivity contribution in [2.75, 3.05) is 11.1 Å². The summed E-state index contributed by atoms with van der Waals surface area (Å²) >= 11 is 4.62. The van der Waals surface area contributed by atoms with Crippen LogP contribution >= 0.6 is 27.7 Å². The van der Waals surface area contributed by atoms with Gasteiger partial charge in [-0.05, 0) is 46.3 Å².